The van der Waals surface area contributed by atoms with Crippen molar-refractivity contribution >= 4 is 18.3 Å². The van der Waals surface area contributed by atoms with Gasteiger partial charge in [-0.15, -0.1) is 0 Å². The fraction of sp³-hybridized carbons (Fsp3) is 0.647. The molecule has 0 fully saturated rings. The summed E-state index contributed by atoms with van der Waals surface area (Å²) in [5, 5.41) is 9.70. The molecule has 2 amide bonds. The number of methoxy groups -OCH3 is 1. The van der Waals surface area contributed by atoms with Crippen molar-refractivity contribution in [3.8, 4) is 0 Å². The number of alkyl halides is 3. The lowest BCUT2D eigenvalue weighted by Gasteiger charge is -2.20. The van der Waals surface area contributed by atoms with Crippen molar-refractivity contribution in [2.24, 2.45) is 5.92 Å². The third-order valence-corrected chi connectivity index (χ3v) is 3.95. The largest absolute Gasteiger partial charge is 0.433 e. The van der Waals surface area contributed by atoms with Gasteiger partial charge in [-0.1, -0.05) is 26.2 Å². The fourth-order valence-corrected chi connectivity index (χ4v) is 2.49. The van der Waals surface area contributed by atoms with E-state index in [9.17, 15) is 28.0 Å². The van der Waals surface area contributed by atoms with Crippen molar-refractivity contribution in [2.75, 3.05) is 25.9 Å². The molecule has 0 spiro atoms. The second-order valence-corrected chi connectivity index (χ2v) is 6.35. The van der Waals surface area contributed by atoms with Crippen LogP contribution in [0.1, 0.15) is 43.9 Å². The number of nitrogens with one attached hydrogen (secondary N) is 2. The first-order valence-electron chi connectivity index (χ1n) is 9.19. The number of carbonyl (C=O) groups is 2. The first-order valence-corrected chi connectivity index (χ1v) is 9.19. The number of nitrogens with zero attached hydrogens (tertiary/aromatic N) is 3. The van der Waals surface area contributed by atoms with Crippen LogP contribution < -0.4 is 10.9 Å². The van der Waals surface area contributed by atoms with Gasteiger partial charge in [0.1, 0.15) is 6.79 Å². The van der Waals surface area contributed by atoms with E-state index in [0.29, 0.717) is 17.9 Å². The van der Waals surface area contributed by atoms with Crippen LogP contribution in [0.3, 0.4) is 0 Å². The van der Waals surface area contributed by atoms with Gasteiger partial charge in [-0.05, 0) is 6.42 Å². The third kappa shape index (κ3) is 8.88. The number of amides is 2. The molecule has 10 nitrogen and oxygen atoms in total. The number of ether oxygens (including phenoxy) is 2. The summed E-state index contributed by atoms with van der Waals surface area (Å²) in [7, 11) is 1.33. The Hall–Kier alpha value is -2.51. The number of aromatic nitrogens is 2. The van der Waals surface area contributed by atoms with Crippen LogP contribution in [-0.2, 0) is 31.8 Å². The summed E-state index contributed by atoms with van der Waals surface area (Å²) in [6.07, 6.45) is -0.884. The highest BCUT2D eigenvalue weighted by Gasteiger charge is 2.36. The van der Waals surface area contributed by atoms with Crippen molar-refractivity contribution in [1.82, 2.24) is 20.5 Å². The number of halogens is 3. The fourth-order valence-electron chi connectivity index (χ4n) is 2.49. The second-order valence-electron chi connectivity index (χ2n) is 6.35. The average Bonchev–Trinajstić information content (AvgIpc) is 2.71. The minimum Gasteiger partial charge on any atom is -0.359 e. The Bertz CT molecular complexity index is 678. The number of hydrazine groups is 1. The topological polar surface area (TPSA) is 126 Å². The van der Waals surface area contributed by atoms with Gasteiger partial charge in [0.05, 0.1) is 19.1 Å². The van der Waals surface area contributed by atoms with E-state index in [-0.39, 0.29) is 25.3 Å². The van der Waals surface area contributed by atoms with E-state index < -0.39 is 36.3 Å². The van der Waals surface area contributed by atoms with Crippen LogP contribution in [0, 0.1) is 5.92 Å². The predicted octanol–water partition coefficient (Wildman–Crippen LogP) is 2.10. The van der Waals surface area contributed by atoms with Crippen molar-refractivity contribution in [1.29, 1.82) is 0 Å². The van der Waals surface area contributed by atoms with Gasteiger partial charge in [0, 0.05) is 18.9 Å². The van der Waals surface area contributed by atoms with E-state index in [1.807, 2.05) is 6.92 Å². The maximum Gasteiger partial charge on any atom is 0.433 e. The molecule has 0 bridgehead atoms. The molecule has 0 aliphatic carbocycles. The normalized spacial score (nSPS) is 12.3. The molecule has 170 valence electrons. The molecule has 3 N–H and O–H groups in total. The zero-order chi connectivity index (χ0) is 22.6. The highest BCUT2D eigenvalue weighted by atomic mass is 19.4. The number of hydrogen-bond acceptors (Lipinski definition) is 8. The molecule has 1 rings (SSSR count). The summed E-state index contributed by atoms with van der Waals surface area (Å²) in [5.74, 6) is -1.88. The van der Waals surface area contributed by atoms with Gasteiger partial charge < -0.3 is 9.47 Å². The Balaban J connectivity index is 2.84. The molecular formula is C17H26F3N5O5. The third-order valence-electron chi connectivity index (χ3n) is 3.95. The number of unbranched alkanes of at least 4 members (excludes halogenated alkanes) is 2. The number of carbonyl (C=O) groups excluding carboxylic acids is 2. The molecule has 13 heteroatoms. The average molecular weight is 437 g/mol. The summed E-state index contributed by atoms with van der Waals surface area (Å²) < 4.78 is 49.3. The Morgan fingerprint density at radius 2 is 2.13 bits per heavy atom. The van der Waals surface area contributed by atoms with E-state index in [2.05, 4.69) is 25.6 Å². The van der Waals surface area contributed by atoms with Gasteiger partial charge in [-0.25, -0.2) is 15.0 Å². The summed E-state index contributed by atoms with van der Waals surface area (Å²) in [4.78, 5) is 30.1. The maximum atomic E-state index is 13.3. The van der Waals surface area contributed by atoms with Gasteiger partial charge in [-0.2, -0.15) is 13.2 Å². The van der Waals surface area contributed by atoms with Gasteiger partial charge in [0.15, 0.2) is 5.69 Å². The van der Waals surface area contributed by atoms with Crippen LogP contribution in [0.25, 0.3) is 0 Å². The number of anilines is 1. The van der Waals surface area contributed by atoms with Crippen LogP contribution in [0.15, 0.2) is 6.20 Å². The van der Waals surface area contributed by atoms with Gasteiger partial charge in [0.2, 0.25) is 18.3 Å². The zero-order valence-electron chi connectivity index (χ0n) is 16.7. The van der Waals surface area contributed by atoms with E-state index in [0.717, 1.165) is 19.0 Å². The van der Waals surface area contributed by atoms with Crippen molar-refractivity contribution in [3.63, 3.8) is 0 Å². The molecule has 1 aromatic rings. The summed E-state index contributed by atoms with van der Waals surface area (Å²) >= 11 is 0. The van der Waals surface area contributed by atoms with Crippen LogP contribution in [0.5, 0.6) is 0 Å². The van der Waals surface area contributed by atoms with Crippen molar-refractivity contribution < 1.29 is 37.4 Å². The monoisotopic (exact) mass is 437 g/mol. The molecule has 1 heterocycles. The first-order chi connectivity index (χ1) is 14.2. The summed E-state index contributed by atoms with van der Waals surface area (Å²) in [6.45, 7) is 1.10. The minimum atomic E-state index is -4.76. The quantitative estimate of drug-likeness (QED) is 0.133. The molecule has 0 saturated carbocycles. The smallest absolute Gasteiger partial charge is 0.359 e. The molecule has 0 aromatic carbocycles. The van der Waals surface area contributed by atoms with E-state index >= 15 is 0 Å². The van der Waals surface area contributed by atoms with Crippen LogP contribution in [0.4, 0.5) is 19.1 Å². The van der Waals surface area contributed by atoms with E-state index in [1.165, 1.54) is 7.11 Å². The molecule has 0 saturated heterocycles. The minimum absolute atomic E-state index is 0.163. The Labute approximate surface area is 171 Å². The number of hydroxylamine groups is 2. The summed E-state index contributed by atoms with van der Waals surface area (Å²) in [5.41, 5.74) is 2.95. The Kier molecular flexibility index (Phi) is 11.0. The lowest BCUT2D eigenvalue weighted by Crippen LogP contribution is -2.40. The molecule has 1 unspecified atom stereocenters. The zero-order valence-corrected chi connectivity index (χ0v) is 16.7. The molecule has 30 heavy (non-hydrogen) atoms. The van der Waals surface area contributed by atoms with Crippen LogP contribution >= 0.6 is 0 Å². The lowest BCUT2D eigenvalue weighted by atomic mass is 10.0. The molecular weight excluding hydrogens is 411 g/mol. The summed E-state index contributed by atoms with van der Waals surface area (Å²) in [6, 6.07) is 0. The molecule has 1 atom stereocenters. The van der Waals surface area contributed by atoms with E-state index in [4.69, 9.17) is 4.74 Å². The van der Waals surface area contributed by atoms with Crippen molar-refractivity contribution in [2.45, 2.75) is 45.4 Å². The predicted molar refractivity (Wildman–Crippen MR) is 97.7 cm³/mol. The van der Waals surface area contributed by atoms with Gasteiger partial charge in [-0.3, -0.25) is 25.6 Å². The van der Waals surface area contributed by atoms with Crippen molar-refractivity contribution in [3.05, 3.63) is 17.5 Å². The van der Waals surface area contributed by atoms with E-state index in [1.54, 1.807) is 0 Å². The SMILES string of the molecule is CCCCCC(CN(O)C=O)C(=O)NNc1ncc(COCOC)c(C(F)(F)F)n1. The lowest BCUT2D eigenvalue weighted by molar-refractivity contribution is -0.154. The molecule has 0 aliphatic heterocycles. The Morgan fingerprint density at radius 3 is 2.73 bits per heavy atom. The van der Waals surface area contributed by atoms with Crippen LogP contribution in [0.2, 0.25) is 0 Å². The van der Waals surface area contributed by atoms with Crippen LogP contribution in [-0.4, -0.2) is 53.0 Å². The second kappa shape index (κ2) is 12.9. The molecule has 0 aliphatic rings. The highest BCUT2D eigenvalue weighted by molar-refractivity contribution is 5.80. The standard InChI is InChI=1S/C17H26F3N5O5/c1-3-4-5-6-12(8-25(28)10-26)15(27)23-24-16-21-7-13(9-30-11-29-2)14(22-16)17(18,19)20/h7,10,12,28H,3-6,8-9,11H2,1-2H3,(H,23,27)(H,21,22,24). The van der Waals surface area contributed by atoms with Gasteiger partial charge in [0.25, 0.3) is 0 Å². The number of rotatable bonds is 14. The first kappa shape index (κ1) is 25.5. The number of hydrogen-bond donors (Lipinski definition) is 3. The molecule has 0 radical (unpaired) electrons. The Morgan fingerprint density at radius 1 is 1.40 bits per heavy atom. The highest BCUT2D eigenvalue weighted by Crippen LogP contribution is 2.31. The molecule has 1 aromatic heterocycles. The van der Waals surface area contributed by atoms with Gasteiger partial charge >= 0.3 is 6.18 Å². The maximum absolute atomic E-state index is 13.3.